The molecule has 29 heavy (non-hydrogen) atoms. The Morgan fingerprint density at radius 3 is 2.66 bits per heavy atom. The van der Waals surface area contributed by atoms with Gasteiger partial charge in [-0.2, -0.15) is 13.2 Å². The molecule has 1 N–H and O–H groups in total. The lowest BCUT2D eigenvalue weighted by molar-refractivity contribution is -0.145. The number of anilines is 2. The van der Waals surface area contributed by atoms with Gasteiger partial charge in [-0.1, -0.05) is 6.07 Å². The second kappa shape index (κ2) is 8.36. The van der Waals surface area contributed by atoms with E-state index >= 15 is 0 Å². The Bertz CT molecular complexity index is 933. The molecular formula is C20H19F3N2O3S. The Balaban J connectivity index is 1.89. The van der Waals surface area contributed by atoms with Crippen LogP contribution in [0.5, 0.6) is 0 Å². The van der Waals surface area contributed by atoms with E-state index in [9.17, 15) is 22.8 Å². The van der Waals surface area contributed by atoms with E-state index in [0.29, 0.717) is 5.56 Å². The zero-order valence-electron chi connectivity index (χ0n) is 15.7. The van der Waals surface area contributed by atoms with E-state index in [-0.39, 0.29) is 30.0 Å². The molecule has 1 heterocycles. The Morgan fingerprint density at radius 2 is 2.00 bits per heavy atom. The van der Waals surface area contributed by atoms with Gasteiger partial charge in [-0.25, -0.2) is 9.59 Å². The molecule has 3 rings (SSSR count). The van der Waals surface area contributed by atoms with Crippen LogP contribution >= 0.6 is 11.8 Å². The van der Waals surface area contributed by atoms with Crippen LogP contribution in [-0.2, 0) is 11.2 Å². The molecule has 0 fully saturated rings. The summed E-state index contributed by atoms with van der Waals surface area (Å²) in [6, 6.07) is 7.90. The first-order valence-electron chi connectivity index (χ1n) is 8.85. The van der Waals surface area contributed by atoms with Gasteiger partial charge in [0.05, 0.1) is 12.2 Å². The van der Waals surface area contributed by atoms with E-state index < -0.39 is 24.2 Å². The van der Waals surface area contributed by atoms with Gasteiger partial charge >= 0.3 is 18.2 Å². The lowest BCUT2D eigenvalue weighted by atomic mass is 10.1. The summed E-state index contributed by atoms with van der Waals surface area (Å²) in [4.78, 5) is 26.2. The highest BCUT2D eigenvalue weighted by molar-refractivity contribution is 7.98. The average molecular weight is 424 g/mol. The SMILES string of the molecule is CCOC(=O)c1cccc(NC(=O)N2c3ccc(SC)cc3CC2C(F)(F)F)c1. The molecule has 1 atom stereocenters. The standard InChI is InChI=1S/C20H19F3N2O3S/c1-3-28-18(26)12-5-4-6-14(9-12)24-19(27)25-16-8-7-15(29-2)10-13(16)11-17(25)20(21,22)23/h4-10,17H,3,11H2,1-2H3,(H,24,27). The van der Waals surface area contributed by atoms with E-state index in [0.717, 1.165) is 9.80 Å². The third kappa shape index (κ3) is 4.50. The summed E-state index contributed by atoms with van der Waals surface area (Å²) in [7, 11) is 0. The lowest BCUT2D eigenvalue weighted by Crippen LogP contribution is -2.48. The molecule has 0 aromatic heterocycles. The fourth-order valence-electron chi connectivity index (χ4n) is 3.19. The number of halogens is 3. The first kappa shape index (κ1) is 21.0. The van der Waals surface area contributed by atoms with Crippen LogP contribution in [-0.4, -0.2) is 37.1 Å². The number of ether oxygens (including phenoxy) is 1. The van der Waals surface area contributed by atoms with Gasteiger partial charge in [0, 0.05) is 22.7 Å². The van der Waals surface area contributed by atoms with Crippen molar-refractivity contribution >= 4 is 35.1 Å². The third-order valence-electron chi connectivity index (χ3n) is 4.49. The summed E-state index contributed by atoms with van der Waals surface area (Å²) in [5.41, 5.74) is 1.10. The zero-order chi connectivity index (χ0) is 21.2. The van der Waals surface area contributed by atoms with E-state index in [1.54, 1.807) is 19.1 Å². The van der Waals surface area contributed by atoms with Gasteiger partial charge in [0.2, 0.25) is 0 Å². The van der Waals surface area contributed by atoms with E-state index in [1.165, 1.54) is 42.1 Å². The van der Waals surface area contributed by atoms with Crippen LogP contribution in [0.15, 0.2) is 47.4 Å². The first-order chi connectivity index (χ1) is 13.7. The monoisotopic (exact) mass is 424 g/mol. The molecule has 0 radical (unpaired) electrons. The van der Waals surface area contributed by atoms with Crippen LogP contribution in [0.25, 0.3) is 0 Å². The molecule has 0 bridgehead atoms. The molecule has 2 aromatic rings. The molecule has 2 aromatic carbocycles. The second-order valence-electron chi connectivity index (χ2n) is 6.36. The zero-order valence-corrected chi connectivity index (χ0v) is 16.6. The van der Waals surface area contributed by atoms with Gasteiger partial charge in [-0.15, -0.1) is 11.8 Å². The van der Waals surface area contributed by atoms with Crippen molar-refractivity contribution in [2.24, 2.45) is 0 Å². The Hall–Kier alpha value is -2.68. The summed E-state index contributed by atoms with van der Waals surface area (Å²) in [5, 5.41) is 2.47. The largest absolute Gasteiger partial charge is 0.462 e. The number of nitrogens with one attached hydrogen (secondary N) is 1. The van der Waals surface area contributed by atoms with Crippen molar-refractivity contribution in [2.45, 2.75) is 30.5 Å². The number of amides is 2. The van der Waals surface area contributed by atoms with Crippen molar-refractivity contribution in [3.05, 3.63) is 53.6 Å². The molecule has 0 saturated carbocycles. The minimum Gasteiger partial charge on any atom is -0.462 e. The number of benzene rings is 2. The van der Waals surface area contributed by atoms with Crippen LogP contribution in [0.4, 0.5) is 29.3 Å². The number of hydrogen-bond acceptors (Lipinski definition) is 4. The molecule has 0 spiro atoms. The number of rotatable bonds is 4. The molecule has 0 saturated heterocycles. The number of urea groups is 1. The molecular weight excluding hydrogens is 405 g/mol. The third-order valence-corrected chi connectivity index (χ3v) is 5.22. The van der Waals surface area contributed by atoms with Crippen LogP contribution in [0.2, 0.25) is 0 Å². The summed E-state index contributed by atoms with van der Waals surface area (Å²) in [6.07, 6.45) is -3.05. The second-order valence-corrected chi connectivity index (χ2v) is 7.24. The van der Waals surface area contributed by atoms with Crippen LogP contribution in [0.1, 0.15) is 22.8 Å². The van der Waals surface area contributed by atoms with Crippen molar-refractivity contribution in [3.63, 3.8) is 0 Å². The number of hydrogen-bond donors (Lipinski definition) is 1. The Morgan fingerprint density at radius 1 is 1.24 bits per heavy atom. The van der Waals surface area contributed by atoms with Crippen molar-refractivity contribution in [1.29, 1.82) is 0 Å². The molecule has 1 unspecified atom stereocenters. The fourth-order valence-corrected chi connectivity index (χ4v) is 3.65. The van der Waals surface area contributed by atoms with Crippen LogP contribution in [0.3, 0.4) is 0 Å². The maximum Gasteiger partial charge on any atom is 0.409 e. The first-order valence-corrected chi connectivity index (χ1v) is 10.1. The number of nitrogens with zero attached hydrogens (tertiary/aromatic N) is 1. The number of carbonyl (C=O) groups is 2. The predicted octanol–water partition coefficient (Wildman–Crippen LogP) is 5.11. The van der Waals surface area contributed by atoms with E-state index in [4.69, 9.17) is 4.74 Å². The molecule has 5 nitrogen and oxygen atoms in total. The topological polar surface area (TPSA) is 58.6 Å². The highest BCUT2D eigenvalue weighted by atomic mass is 32.2. The number of fused-ring (bicyclic) bond motifs is 1. The van der Waals surface area contributed by atoms with Crippen molar-refractivity contribution in [2.75, 3.05) is 23.1 Å². The lowest BCUT2D eigenvalue weighted by Gasteiger charge is -2.27. The highest BCUT2D eigenvalue weighted by Gasteiger charge is 2.50. The number of esters is 1. The maximum atomic E-state index is 13.6. The van der Waals surface area contributed by atoms with Crippen molar-refractivity contribution in [1.82, 2.24) is 0 Å². The van der Waals surface area contributed by atoms with E-state index in [2.05, 4.69) is 5.32 Å². The summed E-state index contributed by atoms with van der Waals surface area (Å²) in [5.74, 6) is -0.576. The van der Waals surface area contributed by atoms with Gasteiger partial charge < -0.3 is 10.1 Å². The normalized spacial score (nSPS) is 15.8. The summed E-state index contributed by atoms with van der Waals surface area (Å²) in [6.45, 7) is 1.85. The van der Waals surface area contributed by atoms with Crippen molar-refractivity contribution in [3.8, 4) is 0 Å². The van der Waals surface area contributed by atoms with Crippen LogP contribution in [0, 0.1) is 0 Å². The summed E-state index contributed by atoms with van der Waals surface area (Å²) < 4.78 is 45.8. The Labute approximate surface area is 170 Å². The maximum absolute atomic E-state index is 13.6. The molecule has 154 valence electrons. The van der Waals surface area contributed by atoms with Gasteiger partial charge in [0.15, 0.2) is 0 Å². The molecule has 9 heteroatoms. The Kier molecular flexibility index (Phi) is 6.07. The molecule has 2 amide bonds. The van der Waals surface area contributed by atoms with Crippen LogP contribution < -0.4 is 10.2 Å². The minimum absolute atomic E-state index is 0.186. The average Bonchev–Trinajstić information content (AvgIpc) is 3.07. The van der Waals surface area contributed by atoms with Gasteiger partial charge in [-0.05, 0) is 55.1 Å². The predicted molar refractivity (Wildman–Crippen MR) is 106 cm³/mol. The summed E-state index contributed by atoms with van der Waals surface area (Å²) >= 11 is 1.42. The number of alkyl halides is 3. The fraction of sp³-hybridized carbons (Fsp3) is 0.300. The number of carbonyl (C=O) groups excluding carboxylic acids is 2. The molecule has 1 aliphatic rings. The highest BCUT2D eigenvalue weighted by Crippen LogP contribution is 2.41. The minimum atomic E-state index is -4.58. The van der Waals surface area contributed by atoms with Gasteiger partial charge in [0.1, 0.15) is 6.04 Å². The van der Waals surface area contributed by atoms with Gasteiger partial charge in [0.25, 0.3) is 0 Å². The molecule has 1 aliphatic heterocycles. The smallest absolute Gasteiger partial charge is 0.409 e. The van der Waals surface area contributed by atoms with E-state index in [1.807, 2.05) is 6.26 Å². The number of thioether (sulfide) groups is 1. The quantitative estimate of drug-likeness (QED) is 0.547. The molecule has 0 aliphatic carbocycles. The van der Waals surface area contributed by atoms with Crippen molar-refractivity contribution < 1.29 is 27.5 Å². The van der Waals surface area contributed by atoms with Gasteiger partial charge in [-0.3, -0.25) is 4.90 Å².